The molecule has 2 aliphatic heterocycles. The molecule has 0 radical (unpaired) electrons. The number of aromatic nitrogens is 1. The number of pyridine rings is 1. The van der Waals surface area contributed by atoms with Crippen molar-refractivity contribution in [2.24, 2.45) is 0 Å². The van der Waals surface area contributed by atoms with Crippen LogP contribution in [0, 0.1) is 5.82 Å². The molecule has 1 atom stereocenters. The molecule has 0 spiro atoms. The van der Waals surface area contributed by atoms with E-state index in [1.165, 1.54) is 18.2 Å². The molecular formula is C19H20ClFN4O2+2. The second kappa shape index (κ2) is 7.25. The van der Waals surface area contributed by atoms with E-state index in [2.05, 4.69) is 9.88 Å². The molecule has 0 saturated carbocycles. The summed E-state index contributed by atoms with van der Waals surface area (Å²) >= 11 is 5.81. The lowest BCUT2D eigenvalue weighted by Gasteiger charge is -2.31. The van der Waals surface area contributed by atoms with Gasteiger partial charge in [-0.05, 0) is 24.3 Å². The zero-order chi connectivity index (χ0) is 19.0. The van der Waals surface area contributed by atoms with Crippen LogP contribution in [0.15, 0.2) is 42.6 Å². The summed E-state index contributed by atoms with van der Waals surface area (Å²) in [4.78, 5) is 33.1. The molecule has 2 amide bonds. The van der Waals surface area contributed by atoms with E-state index in [1.807, 2.05) is 24.4 Å². The minimum Gasteiger partial charge on any atom is -0.318 e. The van der Waals surface area contributed by atoms with Crippen LogP contribution in [0.2, 0.25) is 5.02 Å². The van der Waals surface area contributed by atoms with Crippen LogP contribution in [0.3, 0.4) is 0 Å². The van der Waals surface area contributed by atoms with E-state index in [0.29, 0.717) is 5.69 Å². The summed E-state index contributed by atoms with van der Waals surface area (Å²) in [5.74, 6) is -0.0279. The SMILES string of the molecule is O=C1C[C@H]([NH+]2CCN(c3cccc[nH+]3)CC2)C(=O)N1c1ccc(F)c(Cl)c1. The maximum absolute atomic E-state index is 13.4. The molecular weight excluding hydrogens is 371 g/mol. The van der Waals surface area contributed by atoms with E-state index in [4.69, 9.17) is 11.6 Å². The first-order chi connectivity index (χ1) is 13.0. The number of H-pyrrole nitrogens is 1. The fourth-order valence-corrected chi connectivity index (χ4v) is 3.98. The van der Waals surface area contributed by atoms with Crippen LogP contribution >= 0.6 is 11.6 Å². The molecule has 4 rings (SSSR count). The van der Waals surface area contributed by atoms with Gasteiger partial charge in [-0.2, -0.15) is 0 Å². The first-order valence-corrected chi connectivity index (χ1v) is 9.30. The van der Waals surface area contributed by atoms with Gasteiger partial charge in [-0.15, -0.1) is 0 Å². The fraction of sp³-hybridized carbons (Fsp3) is 0.316. The van der Waals surface area contributed by atoms with Gasteiger partial charge in [0, 0.05) is 6.07 Å². The molecule has 0 bridgehead atoms. The monoisotopic (exact) mass is 390 g/mol. The molecule has 2 aliphatic rings. The summed E-state index contributed by atoms with van der Waals surface area (Å²) in [5, 5.41) is -0.100. The average Bonchev–Trinajstić information content (AvgIpc) is 2.99. The quantitative estimate of drug-likeness (QED) is 0.768. The van der Waals surface area contributed by atoms with E-state index in [0.717, 1.165) is 41.8 Å². The van der Waals surface area contributed by atoms with Crippen molar-refractivity contribution in [2.45, 2.75) is 12.5 Å². The van der Waals surface area contributed by atoms with Crippen molar-refractivity contribution in [1.82, 2.24) is 0 Å². The minimum atomic E-state index is -0.574. The molecule has 2 N–H and O–H groups in total. The normalized spacial score (nSPS) is 21.2. The van der Waals surface area contributed by atoms with Crippen molar-refractivity contribution in [1.29, 1.82) is 0 Å². The van der Waals surface area contributed by atoms with Crippen LogP contribution in [0.5, 0.6) is 0 Å². The van der Waals surface area contributed by atoms with Gasteiger partial charge < -0.3 is 4.90 Å². The van der Waals surface area contributed by atoms with Gasteiger partial charge in [-0.1, -0.05) is 17.7 Å². The lowest BCUT2D eigenvalue weighted by molar-refractivity contribution is -0.915. The number of aromatic amines is 1. The van der Waals surface area contributed by atoms with Gasteiger partial charge in [0.25, 0.3) is 11.7 Å². The Kier molecular flexibility index (Phi) is 4.80. The third-order valence-electron chi connectivity index (χ3n) is 5.24. The highest BCUT2D eigenvalue weighted by molar-refractivity contribution is 6.31. The standard InChI is InChI=1S/C19H18ClFN4O2/c20-14-11-13(4-5-15(14)21)25-18(26)12-16(19(25)27)23-7-9-24(10-8-23)17-3-1-2-6-22-17/h1-6,11,16H,7-10,12H2/p+2/t16-/m0/s1. The number of amides is 2. The lowest BCUT2D eigenvalue weighted by Crippen LogP contribution is -3.19. The van der Waals surface area contributed by atoms with Crippen LogP contribution in [-0.2, 0) is 9.59 Å². The van der Waals surface area contributed by atoms with Crippen molar-refractivity contribution in [3.8, 4) is 0 Å². The molecule has 2 aromatic rings. The maximum Gasteiger partial charge on any atom is 0.292 e. The predicted octanol–water partition coefficient (Wildman–Crippen LogP) is 0.330. The Morgan fingerprint density at radius 1 is 1.15 bits per heavy atom. The second-order valence-corrected chi connectivity index (χ2v) is 7.22. The molecule has 0 unspecified atom stereocenters. The Balaban J connectivity index is 1.45. The Hall–Kier alpha value is -2.51. The number of benzene rings is 1. The van der Waals surface area contributed by atoms with E-state index in [9.17, 15) is 14.0 Å². The average molecular weight is 391 g/mol. The van der Waals surface area contributed by atoms with Crippen LogP contribution in [0.25, 0.3) is 0 Å². The van der Waals surface area contributed by atoms with Gasteiger partial charge in [0.05, 0.1) is 23.3 Å². The number of hydrogen-bond acceptors (Lipinski definition) is 3. The summed E-state index contributed by atoms with van der Waals surface area (Å²) in [6, 6.07) is 9.46. The summed E-state index contributed by atoms with van der Waals surface area (Å²) in [6.45, 7) is 3.14. The van der Waals surface area contributed by atoms with Crippen molar-refractivity contribution in [2.75, 3.05) is 36.0 Å². The maximum atomic E-state index is 13.4. The number of carbonyl (C=O) groups is 2. The number of nitrogens with one attached hydrogen (secondary N) is 2. The molecule has 140 valence electrons. The third kappa shape index (κ3) is 3.40. The zero-order valence-corrected chi connectivity index (χ0v) is 15.4. The second-order valence-electron chi connectivity index (χ2n) is 6.82. The molecule has 8 heteroatoms. The Bertz CT molecular complexity index is 871. The number of imide groups is 1. The van der Waals surface area contributed by atoms with Crippen LogP contribution in [0.4, 0.5) is 15.9 Å². The van der Waals surface area contributed by atoms with E-state index in [-0.39, 0.29) is 23.3 Å². The third-order valence-corrected chi connectivity index (χ3v) is 5.53. The van der Waals surface area contributed by atoms with Gasteiger partial charge in [-0.3, -0.25) is 14.5 Å². The summed E-state index contributed by atoms with van der Waals surface area (Å²) in [6.07, 6.45) is 2.06. The van der Waals surface area contributed by atoms with Crippen molar-refractivity contribution in [3.63, 3.8) is 0 Å². The van der Waals surface area contributed by atoms with E-state index >= 15 is 0 Å². The number of piperazine rings is 1. The van der Waals surface area contributed by atoms with Gasteiger partial charge in [-0.25, -0.2) is 14.3 Å². The first-order valence-electron chi connectivity index (χ1n) is 8.92. The Morgan fingerprint density at radius 2 is 1.93 bits per heavy atom. The number of anilines is 2. The topological polar surface area (TPSA) is 59.2 Å². The van der Waals surface area contributed by atoms with Crippen LogP contribution in [0.1, 0.15) is 6.42 Å². The number of quaternary nitrogens is 1. The Morgan fingerprint density at radius 3 is 2.59 bits per heavy atom. The van der Waals surface area contributed by atoms with Gasteiger partial charge in [0.2, 0.25) is 5.91 Å². The van der Waals surface area contributed by atoms with Gasteiger partial charge in [0.1, 0.15) is 32.0 Å². The van der Waals surface area contributed by atoms with E-state index < -0.39 is 11.9 Å². The summed E-state index contributed by atoms with van der Waals surface area (Å²) in [5.41, 5.74) is 0.329. The minimum absolute atomic E-state index is 0.100. The van der Waals surface area contributed by atoms with Crippen molar-refractivity contribution in [3.05, 3.63) is 53.4 Å². The van der Waals surface area contributed by atoms with E-state index in [1.54, 1.807) is 0 Å². The van der Waals surface area contributed by atoms with Crippen LogP contribution in [-0.4, -0.2) is 44.0 Å². The van der Waals surface area contributed by atoms with Crippen LogP contribution < -0.4 is 19.7 Å². The Labute approximate surface area is 161 Å². The molecule has 2 saturated heterocycles. The van der Waals surface area contributed by atoms with Crippen molar-refractivity contribution >= 4 is 34.9 Å². The highest BCUT2D eigenvalue weighted by Crippen LogP contribution is 2.26. The molecule has 2 fully saturated rings. The number of hydrogen-bond donors (Lipinski definition) is 1. The first kappa shape index (κ1) is 17.9. The summed E-state index contributed by atoms with van der Waals surface area (Å²) in [7, 11) is 0. The summed E-state index contributed by atoms with van der Waals surface area (Å²) < 4.78 is 13.4. The predicted molar refractivity (Wildman–Crippen MR) is 98.2 cm³/mol. The molecule has 0 aliphatic carbocycles. The number of rotatable bonds is 3. The molecule has 6 nitrogen and oxygen atoms in total. The number of halogens is 2. The highest BCUT2D eigenvalue weighted by Gasteiger charge is 2.47. The molecule has 1 aromatic heterocycles. The van der Waals surface area contributed by atoms with Gasteiger partial charge in [0.15, 0.2) is 6.04 Å². The molecule has 3 heterocycles. The zero-order valence-electron chi connectivity index (χ0n) is 14.6. The molecule has 27 heavy (non-hydrogen) atoms. The fourth-order valence-electron chi connectivity index (χ4n) is 3.81. The highest BCUT2D eigenvalue weighted by atomic mass is 35.5. The van der Waals surface area contributed by atoms with Gasteiger partial charge >= 0.3 is 0 Å². The smallest absolute Gasteiger partial charge is 0.292 e. The largest absolute Gasteiger partial charge is 0.318 e. The van der Waals surface area contributed by atoms with Crippen molar-refractivity contribution < 1.29 is 23.9 Å². The lowest BCUT2D eigenvalue weighted by atomic mass is 10.1. The number of nitrogens with zero attached hydrogens (tertiary/aromatic N) is 2. The number of carbonyl (C=O) groups excluding carboxylic acids is 2. The molecule has 1 aromatic carbocycles.